The fourth-order valence-corrected chi connectivity index (χ4v) is 21.0. The highest BCUT2D eigenvalue weighted by Gasteiger charge is 2.36. The van der Waals surface area contributed by atoms with Crippen LogP contribution >= 0.6 is 0 Å². The molecule has 2 nitrogen and oxygen atoms in total. The van der Waals surface area contributed by atoms with Gasteiger partial charge in [-0.15, -0.1) is 0 Å². The van der Waals surface area contributed by atoms with Gasteiger partial charge in [-0.25, -0.2) is 0 Å². The first kappa shape index (κ1) is 68.0. The summed E-state index contributed by atoms with van der Waals surface area (Å²) in [5.74, 6) is -0.0754. The summed E-state index contributed by atoms with van der Waals surface area (Å²) in [4.78, 5) is 15.0. The van der Waals surface area contributed by atoms with Gasteiger partial charge in [0.25, 0.3) is 5.91 Å². The molecule has 16 aromatic rings. The summed E-state index contributed by atoms with van der Waals surface area (Å²) in [5.41, 5.74) is 31.3. The Kier molecular flexibility index (Phi) is 16.1. The summed E-state index contributed by atoms with van der Waals surface area (Å²) in [6.45, 7) is 50.6. The lowest BCUT2D eigenvalue weighted by atomic mass is 9.70. The van der Waals surface area contributed by atoms with Gasteiger partial charge >= 0.3 is 0 Å². The van der Waals surface area contributed by atoms with Crippen LogP contribution in [-0.4, -0.2) is 13.0 Å². The van der Waals surface area contributed by atoms with Crippen molar-refractivity contribution in [3.63, 3.8) is 0 Å². The van der Waals surface area contributed by atoms with E-state index in [1.54, 1.807) is 7.05 Å². The molecule has 0 aromatic heterocycles. The molecule has 0 radical (unpaired) electrons. The molecule has 16 aromatic carbocycles. The first-order valence-electron chi connectivity index (χ1n) is 38.2. The van der Waals surface area contributed by atoms with Crippen LogP contribution in [-0.2, 0) is 12.8 Å². The van der Waals surface area contributed by atoms with E-state index in [0.717, 1.165) is 29.4 Å². The van der Waals surface area contributed by atoms with Gasteiger partial charge in [-0.05, 0) is 436 Å². The first-order valence-corrected chi connectivity index (χ1v) is 38.2. The molecule has 0 bridgehead atoms. The zero-order chi connectivity index (χ0) is 73.6. The van der Waals surface area contributed by atoms with Gasteiger partial charge in [-0.2, -0.15) is 0 Å². The molecule has 0 fully saturated rings. The van der Waals surface area contributed by atoms with Gasteiger partial charge < -0.3 is 5.32 Å². The third-order valence-corrected chi connectivity index (χ3v) is 25.4. The van der Waals surface area contributed by atoms with E-state index in [1.165, 1.54) is 268 Å². The topological polar surface area (TPSA) is 29.1 Å². The van der Waals surface area contributed by atoms with Crippen LogP contribution in [0.25, 0.3) is 210 Å². The Labute approximate surface area is 614 Å². The number of allylic oxidation sites excluding steroid dienone is 14. The first-order chi connectivity index (χ1) is 50.2. The molecule has 1 amide bonds. The van der Waals surface area contributed by atoms with Crippen LogP contribution in [0.5, 0.6) is 0 Å². The lowest BCUT2D eigenvalue weighted by Crippen LogP contribution is -2.19. The maximum absolute atomic E-state index is 15.0. The summed E-state index contributed by atoms with van der Waals surface area (Å²) in [5, 5.41) is 39.9. The summed E-state index contributed by atoms with van der Waals surface area (Å²) in [6.07, 6.45) is 39.3. The zero-order valence-corrected chi connectivity index (χ0v) is 65.6. The molecule has 16 rings (SSSR count). The van der Waals surface area contributed by atoms with Crippen LogP contribution in [0, 0.1) is 55.4 Å². The van der Waals surface area contributed by atoms with Crippen molar-refractivity contribution >= 4 is 215 Å². The number of amides is 1. The molecular formula is C102H97NO. The molecule has 0 unspecified atom stereocenters. The second kappa shape index (κ2) is 24.6. The van der Waals surface area contributed by atoms with Crippen LogP contribution in [0.4, 0.5) is 0 Å². The predicted octanol–water partition coefficient (Wildman–Crippen LogP) is 30.0. The highest BCUT2D eigenvalue weighted by Crippen LogP contribution is 2.62. The average Bonchev–Trinajstić information content (AvgIpc) is 0.650. The van der Waals surface area contributed by atoms with E-state index >= 15 is 0 Å². The molecule has 0 aliphatic rings. The SMILES string of the molecule is C/C=C\c1c(/C(C)=C/C)c2c(/C(C)=C/C)c3c(/C(C)=C/C)c4c(/C(C)=C/C)ccc5c(CC)c(/C=C\C=C/c6c(C)c7c(C)c8c(C)c9c(C)ccc%10c(CC)c(C)c%11c(C)c%12c(C)c%13c(C)cc(C(=O)NC)c6c%13c7c%12c8c%11c%109)c6c(/C=C\C)c7c(/C=C\C)c8c(/C=C\C)ccc1c8c2c7c3c6c54. The van der Waals surface area contributed by atoms with Crippen LogP contribution in [0.15, 0.2) is 103 Å². The van der Waals surface area contributed by atoms with Crippen molar-refractivity contribution in [1.82, 2.24) is 5.32 Å². The van der Waals surface area contributed by atoms with Gasteiger partial charge in [-0.1, -0.05) is 147 Å². The minimum Gasteiger partial charge on any atom is -0.355 e. The summed E-state index contributed by atoms with van der Waals surface area (Å²) >= 11 is 0. The average molecular weight is 1350 g/mol. The van der Waals surface area contributed by atoms with E-state index in [0.29, 0.717) is 5.56 Å². The van der Waals surface area contributed by atoms with Crippen molar-refractivity contribution in [2.75, 3.05) is 7.05 Å². The number of nitrogens with one attached hydrogen (secondary N) is 1. The molecule has 0 spiro atoms. The normalized spacial score (nSPS) is 14.0. The fraction of sp³-hybridized carbons (Fsp3) is 0.245. The highest BCUT2D eigenvalue weighted by atomic mass is 16.1. The van der Waals surface area contributed by atoms with Gasteiger partial charge in [-0.3, -0.25) is 4.79 Å². The molecular weight excluding hydrogens is 1260 g/mol. The molecule has 1 N–H and O–H groups in total. The summed E-state index contributed by atoms with van der Waals surface area (Å²) in [7, 11) is 1.79. The number of benzene rings is 16. The van der Waals surface area contributed by atoms with E-state index in [2.05, 4.69) is 297 Å². The van der Waals surface area contributed by atoms with Gasteiger partial charge in [0.1, 0.15) is 0 Å². The van der Waals surface area contributed by atoms with E-state index in [9.17, 15) is 4.79 Å². The molecule has 0 heterocycles. The Bertz CT molecular complexity index is 6830. The molecule has 0 aliphatic heterocycles. The number of aryl methyl sites for hydroxylation is 10. The summed E-state index contributed by atoms with van der Waals surface area (Å²) in [6, 6.07) is 16.7. The van der Waals surface area contributed by atoms with Crippen molar-refractivity contribution in [1.29, 1.82) is 0 Å². The van der Waals surface area contributed by atoms with Crippen LogP contribution < -0.4 is 5.32 Å². The predicted molar refractivity (Wildman–Crippen MR) is 469 cm³/mol. The van der Waals surface area contributed by atoms with Crippen LogP contribution in [0.2, 0.25) is 0 Å². The molecule has 0 saturated heterocycles. The number of carbonyl (C=O) groups is 1. The second-order valence-corrected chi connectivity index (χ2v) is 30.2. The van der Waals surface area contributed by atoms with Crippen molar-refractivity contribution in [3.8, 4) is 0 Å². The molecule has 2 heteroatoms. The maximum Gasteiger partial charge on any atom is 0.251 e. The Morgan fingerprint density at radius 3 is 1.32 bits per heavy atom. The van der Waals surface area contributed by atoms with Gasteiger partial charge in [0.15, 0.2) is 0 Å². The van der Waals surface area contributed by atoms with E-state index < -0.39 is 0 Å². The number of carbonyl (C=O) groups excluding carboxylic acids is 1. The Morgan fingerprint density at radius 2 is 0.731 bits per heavy atom. The molecule has 0 aliphatic carbocycles. The largest absolute Gasteiger partial charge is 0.355 e. The van der Waals surface area contributed by atoms with Crippen molar-refractivity contribution in [2.45, 2.75) is 165 Å². The lowest BCUT2D eigenvalue weighted by Gasteiger charge is -2.32. The monoisotopic (exact) mass is 1350 g/mol. The van der Waals surface area contributed by atoms with Crippen LogP contribution in [0.3, 0.4) is 0 Å². The molecule has 0 atom stereocenters. The smallest absolute Gasteiger partial charge is 0.251 e. The minimum absolute atomic E-state index is 0.0754. The van der Waals surface area contributed by atoms with E-state index in [4.69, 9.17) is 0 Å². The second-order valence-electron chi connectivity index (χ2n) is 30.2. The number of rotatable bonds is 14. The third-order valence-electron chi connectivity index (χ3n) is 25.4. The van der Waals surface area contributed by atoms with Crippen LogP contribution in [0.1, 0.15) is 219 Å². The summed E-state index contributed by atoms with van der Waals surface area (Å²) < 4.78 is 0. The van der Waals surface area contributed by atoms with E-state index in [1.807, 2.05) is 0 Å². The van der Waals surface area contributed by atoms with Gasteiger partial charge in [0, 0.05) is 18.0 Å². The minimum atomic E-state index is -0.0754. The lowest BCUT2D eigenvalue weighted by molar-refractivity contribution is 0.0964. The quantitative estimate of drug-likeness (QED) is 0.0656. The Hall–Kier alpha value is -10.4. The Morgan fingerprint density at radius 1 is 0.317 bits per heavy atom. The van der Waals surface area contributed by atoms with Crippen molar-refractivity contribution in [3.05, 3.63) is 220 Å². The van der Waals surface area contributed by atoms with Gasteiger partial charge in [0.05, 0.1) is 0 Å². The van der Waals surface area contributed by atoms with Crippen molar-refractivity contribution < 1.29 is 4.79 Å². The number of hydrogen-bond donors (Lipinski definition) is 1. The fourth-order valence-electron chi connectivity index (χ4n) is 21.0. The molecule has 516 valence electrons. The highest BCUT2D eigenvalue weighted by molar-refractivity contribution is 6.51. The van der Waals surface area contributed by atoms with E-state index in [-0.39, 0.29) is 5.91 Å². The Balaban J connectivity index is 1.12. The molecule has 0 saturated carbocycles. The van der Waals surface area contributed by atoms with Crippen molar-refractivity contribution in [2.24, 2.45) is 0 Å². The molecule has 104 heavy (non-hydrogen) atoms. The third kappa shape index (κ3) is 8.49. The maximum atomic E-state index is 15.0. The van der Waals surface area contributed by atoms with Gasteiger partial charge in [0.2, 0.25) is 0 Å². The number of hydrogen-bond acceptors (Lipinski definition) is 1. The standard InChI is InChI=1S/C102H97NO/c1-24-36-61-43-45-70-66(37-25-2)76(50(12)29-6)92-78(52(14)31-8)93-77(51(13)30-7)87-64(49(11)28-5)46-47-69-63(33-10)67(85-72(39-27-4)86-71(38-26-3)83(61)89(70)100(92)99(86)101(93)98(85)90(69)87)41-35-34-40-65-56(18)80-60(22)81-57(19)74-53(15)42-44-68-62(32-9)55(17)79-59(21)82-58(20)75-54(16)48-73(102(104)103-23)84(65)91(75)95(80)97(82)96(81)94(79)88(68)74/h24-31,34-48H,32-33H2,1-23H3,(H,103,104)/b36-24-,37-25-,38-26-,39-27-,40-34-,41-35-,49-28+,50-29+,51-30+,52-31+. The zero-order valence-electron chi connectivity index (χ0n) is 65.6.